The number of rotatable bonds is 6. The monoisotopic (exact) mass is 410 g/mol. The SMILES string of the molecule is CSCCCN1C(=O)/C(=C\c2cccc(C)c2)SC1=Nc1ccc(C)c(C)c1. The Morgan fingerprint density at radius 2 is 1.93 bits per heavy atom. The minimum atomic E-state index is 0.0511. The quantitative estimate of drug-likeness (QED) is 0.434. The van der Waals surface area contributed by atoms with Crippen LogP contribution in [-0.2, 0) is 4.79 Å². The van der Waals surface area contributed by atoms with Gasteiger partial charge in [0.25, 0.3) is 5.91 Å². The maximum absolute atomic E-state index is 13.1. The molecule has 3 rings (SSSR count). The van der Waals surface area contributed by atoms with Crippen LogP contribution in [0, 0.1) is 20.8 Å². The predicted molar refractivity (Wildman–Crippen MR) is 124 cm³/mol. The Kier molecular flexibility index (Phi) is 7.03. The van der Waals surface area contributed by atoms with E-state index in [0.717, 1.165) is 33.5 Å². The summed E-state index contributed by atoms with van der Waals surface area (Å²) in [5.74, 6) is 1.08. The molecule has 1 aliphatic rings. The van der Waals surface area contributed by atoms with Crippen molar-refractivity contribution >= 4 is 46.4 Å². The molecule has 1 heterocycles. The molecule has 1 amide bonds. The van der Waals surface area contributed by atoms with E-state index in [2.05, 4.69) is 51.3 Å². The molecule has 0 spiro atoms. The van der Waals surface area contributed by atoms with Crippen molar-refractivity contribution < 1.29 is 4.79 Å². The molecule has 28 heavy (non-hydrogen) atoms. The lowest BCUT2D eigenvalue weighted by atomic mass is 10.1. The molecule has 0 aliphatic carbocycles. The van der Waals surface area contributed by atoms with E-state index in [0.29, 0.717) is 6.54 Å². The van der Waals surface area contributed by atoms with Crippen molar-refractivity contribution in [3.8, 4) is 0 Å². The summed E-state index contributed by atoms with van der Waals surface area (Å²) < 4.78 is 0. The third kappa shape index (κ3) is 5.09. The van der Waals surface area contributed by atoms with Crippen LogP contribution in [0.25, 0.3) is 6.08 Å². The van der Waals surface area contributed by atoms with Crippen LogP contribution in [0.2, 0.25) is 0 Å². The predicted octanol–water partition coefficient (Wildman–Crippen LogP) is 5.97. The first-order valence-corrected chi connectivity index (χ1v) is 11.6. The third-order valence-corrected chi connectivity index (χ3v) is 6.38. The standard InChI is InChI=1S/C23H26N2OS2/c1-16-7-5-8-19(13-16)15-21-22(26)25(11-6-12-27-4)23(28-21)24-20-10-9-17(2)18(3)14-20/h5,7-10,13-15H,6,11-12H2,1-4H3/b21-15+,24-23?. The normalized spacial score (nSPS) is 17.1. The van der Waals surface area contributed by atoms with Crippen LogP contribution in [0.4, 0.5) is 5.69 Å². The molecule has 1 aliphatic heterocycles. The molecule has 0 unspecified atom stereocenters. The van der Waals surface area contributed by atoms with Crippen molar-refractivity contribution in [3.63, 3.8) is 0 Å². The number of thioether (sulfide) groups is 2. The van der Waals surface area contributed by atoms with Gasteiger partial charge in [0.15, 0.2) is 5.17 Å². The van der Waals surface area contributed by atoms with E-state index < -0.39 is 0 Å². The minimum Gasteiger partial charge on any atom is -0.286 e. The van der Waals surface area contributed by atoms with Crippen molar-refractivity contribution in [1.29, 1.82) is 0 Å². The molecule has 2 aromatic rings. The van der Waals surface area contributed by atoms with E-state index in [1.165, 1.54) is 28.5 Å². The van der Waals surface area contributed by atoms with Gasteiger partial charge in [0, 0.05) is 6.54 Å². The average molecular weight is 411 g/mol. The van der Waals surface area contributed by atoms with Crippen LogP contribution < -0.4 is 0 Å². The summed E-state index contributed by atoms with van der Waals surface area (Å²) in [6, 6.07) is 14.4. The van der Waals surface area contributed by atoms with Crippen molar-refractivity contribution in [2.45, 2.75) is 27.2 Å². The maximum atomic E-state index is 13.1. The number of carbonyl (C=O) groups is 1. The second-order valence-corrected chi connectivity index (χ2v) is 8.99. The van der Waals surface area contributed by atoms with Crippen molar-refractivity contribution in [1.82, 2.24) is 4.90 Å². The van der Waals surface area contributed by atoms with Gasteiger partial charge in [-0.3, -0.25) is 9.69 Å². The fourth-order valence-electron chi connectivity index (χ4n) is 2.97. The van der Waals surface area contributed by atoms with Crippen molar-refractivity contribution in [2.24, 2.45) is 4.99 Å². The van der Waals surface area contributed by atoms with Gasteiger partial charge < -0.3 is 0 Å². The Hall–Kier alpha value is -1.98. The van der Waals surface area contributed by atoms with Crippen molar-refractivity contribution in [2.75, 3.05) is 18.6 Å². The van der Waals surface area contributed by atoms with Crippen LogP contribution in [0.1, 0.15) is 28.7 Å². The van der Waals surface area contributed by atoms with E-state index in [1.807, 2.05) is 29.2 Å². The molecular weight excluding hydrogens is 384 g/mol. The molecule has 0 bridgehead atoms. The Morgan fingerprint density at radius 3 is 2.64 bits per heavy atom. The van der Waals surface area contributed by atoms with Crippen LogP contribution >= 0.6 is 23.5 Å². The summed E-state index contributed by atoms with van der Waals surface area (Å²) >= 11 is 3.27. The summed E-state index contributed by atoms with van der Waals surface area (Å²) in [5, 5.41) is 0.772. The van der Waals surface area contributed by atoms with Gasteiger partial charge in [0.1, 0.15) is 0 Å². The zero-order valence-corrected chi connectivity index (χ0v) is 18.5. The van der Waals surface area contributed by atoms with Gasteiger partial charge in [0.2, 0.25) is 0 Å². The molecule has 1 saturated heterocycles. The Labute approximate surface area is 176 Å². The minimum absolute atomic E-state index is 0.0511. The van der Waals surface area contributed by atoms with E-state index in [-0.39, 0.29) is 5.91 Å². The summed E-state index contributed by atoms with van der Waals surface area (Å²) in [5.41, 5.74) is 5.58. The van der Waals surface area contributed by atoms with Gasteiger partial charge in [0.05, 0.1) is 10.6 Å². The molecule has 0 aromatic heterocycles. The van der Waals surface area contributed by atoms with Gasteiger partial charge in [-0.25, -0.2) is 4.99 Å². The molecule has 0 N–H and O–H groups in total. The first kappa shape index (κ1) is 20.7. The van der Waals surface area contributed by atoms with E-state index in [4.69, 9.17) is 4.99 Å². The number of amides is 1. The average Bonchev–Trinajstić information content (AvgIpc) is 2.94. The number of nitrogens with zero attached hydrogens (tertiary/aromatic N) is 2. The van der Waals surface area contributed by atoms with E-state index >= 15 is 0 Å². The molecule has 0 radical (unpaired) electrons. The third-order valence-electron chi connectivity index (χ3n) is 4.67. The van der Waals surface area contributed by atoms with Crippen LogP contribution in [0.15, 0.2) is 52.4 Å². The molecule has 146 valence electrons. The van der Waals surface area contributed by atoms with Gasteiger partial charge in [-0.05, 0) is 85.9 Å². The zero-order chi connectivity index (χ0) is 20.1. The van der Waals surface area contributed by atoms with Gasteiger partial charge in [-0.15, -0.1) is 0 Å². The van der Waals surface area contributed by atoms with Gasteiger partial charge >= 0.3 is 0 Å². The van der Waals surface area contributed by atoms with Gasteiger partial charge in [-0.2, -0.15) is 11.8 Å². The smallest absolute Gasteiger partial charge is 0.266 e. The van der Waals surface area contributed by atoms with Crippen LogP contribution in [0.3, 0.4) is 0 Å². The Bertz CT molecular complexity index is 934. The van der Waals surface area contributed by atoms with E-state index in [9.17, 15) is 4.79 Å². The lowest BCUT2D eigenvalue weighted by molar-refractivity contribution is -0.122. The second-order valence-electron chi connectivity index (χ2n) is 6.99. The topological polar surface area (TPSA) is 32.7 Å². The lowest BCUT2D eigenvalue weighted by Crippen LogP contribution is -2.30. The van der Waals surface area contributed by atoms with Crippen LogP contribution in [-0.4, -0.2) is 34.5 Å². The second kappa shape index (κ2) is 9.48. The van der Waals surface area contributed by atoms with Gasteiger partial charge in [-0.1, -0.05) is 35.9 Å². The highest BCUT2D eigenvalue weighted by Gasteiger charge is 2.33. The molecule has 0 atom stereocenters. The number of aryl methyl sites for hydroxylation is 3. The molecule has 3 nitrogen and oxygen atoms in total. The fourth-order valence-corrected chi connectivity index (χ4v) is 4.41. The van der Waals surface area contributed by atoms with E-state index in [1.54, 1.807) is 11.8 Å². The molecule has 0 saturated carbocycles. The first-order chi connectivity index (χ1) is 13.5. The fraction of sp³-hybridized carbons (Fsp3) is 0.304. The summed E-state index contributed by atoms with van der Waals surface area (Å²) in [6.45, 7) is 6.94. The number of hydrogen-bond donors (Lipinski definition) is 0. The zero-order valence-electron chi connectivity index (χ0n) is 16.9. The number of amidine groups is 1. The summed E-state index contributed by atoms with van der Waals surface area (Å²) in [7, 11) is 0. The molecule has 2 aromatic carbocycles. The maximum Gasteiger partial charge on any atom is 0.266 e. The molecule has 5 heteroatoms. The molecular formula is C23H26N2OS2. The van der Waals surface area contributed by atoms with Crippen LogP contribution in [0.5, 0.6) is 0 Å². The summed E-state index contributed by atoms with van der Waals surface area (Å²) in [6.07, 6.45) is 5.02. The highest BCUT2D eigenvalue weighted by Crippen LogP contribution is 2.34. The number of hydrogen-bond acceptors (Lipinski definition) is 4. The number of carbonyl (C=O) groups excluding carboxylic acids is 1. The van der Waals surface area contributed by atoms with Crippen molar-refractivity contribution in [3.05, 3.63) is 69.6 Å². The highest BCUT2D eigenvalue weighted by molar-refractivity contribution is 8.18. The first-order valence-electron chi connectivity index (χ1n) is 9.41. The highest BCUT2D eigenvalue weighted by atomic mass is 32.2. The Morgan fingerprint density at radius 1 is 1.11 bits per heavy atom. The lowest BCUT2D eigenvalue weighted by Gasteiger charge is -2.15. The number of aliphatic imine (C=N–C) groups is 1. The Balaban J connectivity index is 1.92. The number of benzene rings is 2. The largest absolute Gasteiger partial charge is 0.286 e. The molecule has 1 fully saturated rings. The summed E-state index contributed by atoms with van der Waals surface area (Å²) in [4.78, 5) is 20.4.